The zero-order chi connectivity index (χ0) is 10.8. The average molecular weight is 203 g/mol. The number of carbonyl (C=O) groups is 1. The number of guanidine groups is 1. The van der Waals surface area contributed by atoms with Crippen LogP contribution in [-0.2, 0) is 14.3 Å². The van der Waals surface area contributed by atoms with Crippen molar-refractivity contribution in [3.8, 4) is 0 Å². The summed E-state index contributed by atoms with van der Waals surface area (Å²) in [5.74, 6) is -0.138. The first-order valence-corrected chi connectivity index (χ1v) is 4.44. The van der Waals surface area contributed by atoms with Crippen molar-refractivity contribution in [2.75, 3.05) is 33.4 Å². The van der Waals surface area contributed by atoms with E-state index in [0.29, 0.717) is 19.8 Å². The summed E-state index contributed by atoms with van der Waals surface area (Å²) in [7, 11) is 1.65. The SMILES string of the molecule is CCOC(=O)COCCNC(=N)NC. The van der Waals surface area contributed by atoms with Gasteiger partial charge in [0, 0.05) is 13.6 Å². The fourth-order valence-corrected chi connectivity index (χ4v) is 0.695. The number of hydrogen-bond donors (Lipinski definition) is 3. The summed E-state index contributed by atoms with van der Waals surface area (Å²) in [6, 6.07) is 0. The topological polar surface area (TPSA) is 83.4 Å². The van der Waals surface area contributed by atoms with Crippen molar-refractivity contribution in [3.63, 3.8) is 0 Å². The molecule has 0 aliphatic carbocycles. The maximum absolute atomic E-state index is 10.8. The Balaban J connectivity index is 3.21. The predicted octanol–water partition coefficient (Wildman–Crippen LogP) is -0.690. The third-order valence-corrected chi connectivity index (χ3v) is 1.32. The highest BCUT2D eigenvalue weighted by molar-refractivity contribution is 5.75. The van der Waals surface area contributed by atoms with E-state index in [9.17, 15) is 4.79 Å². The normalized spacial score (nSPS) is 9.29. The van der Waals surface area contributed by atoms with E-state index in [4.69, 9.17) is 10.1 Å². The van der Waals surface area contributed by atoms with Gasteiger partial charge in [0.2, 0.25) is 0 Å². The zero-order valence-electron chi connectivity index (χ0n) is 8.55. The molecule has 0 saturated heterocycles. The lowest BCUT2D eigenvalue weighted by Gasteiger charge is -2.07. The Morgan fingerprint density at radius 1 is 1.50 bits per heavy atom. The molecule has 0 heterocycles. The highest BCUT2D eigenvalue weighted by Gasteiger charge is 2.00. The molecule has 6 nitrogen and oxygen atoms in total. The fraction of sp³-hybridized carbons (Fsp3) is 0.750. The monoisotopic (exact) mass is 203 g/mol. The summed E-state index contributed by atoms with van der Waals surface area (Å²) >= 11 is 0. The minimum Gasteiger partial charge on any atom is -0.464 e. The molecular weight excluding hydrogens is 186 g/mol. The molecular formula is C8H17N3O3. The second-order valence-electron chi connectivity index (χ2n) is 2.41. The molecule has 0 bridgehead atoms. The second kappa shape index (κ2) is 8.31. The quantitative estimate of drug-likeness (QED) is 0.230. The van der Waals surface area contributed by atoms with E-state index in [-0.39, 0.29) is 18.5 Å². The van der Waals surface area contributed by atoms with Gasteiger partial charge in [-0.3, -0.25) is 5.41 Å². The lowest BCUT2D eigenvalue weighted by molar-refractivity contribution is -0.148. The van der Waals surface area contributed by atoms with E-state index in [1.165, 1.54) is 0 Å². The molecule has 0 aliphatic heterocycles. The zero-order valence-corrected chi connectivity index (χ0v) is 8.55. The minimum atomic E-state index is -0.365. The van der Waals surface area contributed by atoms with Crippen molar-refractivity contribution < 1.29 is 14.3 Å². The summed E-state index contributed by atoms with van der Waals surface area (Å²) in [4.78, 5) is 10.8. The van der Waals surface area contributed by atoms with Gasteiger partial charge >= 0.3 is 5.97 Å². The summed E-state index contributed by atoms with van der Waals surface area (Å²) in [6.45, 7) is 2.92. The van der Waals surface area contributed by atoms with E-state index in [2.05, 4.69) is 15.4 Å². The van der Waals surface area contributed by atoms with Gasteiger partial charge < -0.3 is 20.1 Å². The third-order valence-electron chi connectivity index (χ3n) is 1.32. The molecule has 82 valence electrons. The molecule has 0 aromatic heterocycles. The third kappa shape index (κ3) is 7.35. The Morgan fingerprint density at radius 3 is 2.79 bits per heavy atom. The van der Waals surface area contributed by atoms with E-state index in [0.717, 1.165) is 0 Å². The number of ether oxygens (including phenoxy) is 2. The molecule has 0 amide bonds. The fourth-order valence-electron chi connectivity index (χ4n) is 0.695. The van der Waals surface area contributed by atoms with E-state index in [1.54, 1.807) is 14.0 Å². The molecule has 0 fully saturated rings. The van der Waals surface area contributed by atoms with E-state index >= 15 is 0 Å². The second-order valence-corrected chi connectivity index (χ2v) is 2.41. The van der Waals surface area contributed by atoms with Crippen LogP contribution in [0.4, 0.5) is 0 Å². The van der Waals surface area contributed by atoms with Crippen LogP contribution >= 0.6 is 0 Å². The first-order valence-electron chi connectivity index (χ1n) is 4.44. The molecule has 0 aromatic rings. The number of hydrogen-bond acceptors (Lipinski definition) is 4. The Morgan fingerprint density at radius 2 is 2.21 bits per heavy atom. The Kier molecular flexibility index (Phi) is 7.53. The molecule has 0 aromatic carbocycles. The molecule has 0 unspecified atom stereocenters. The Hall–Kier alpha value is -1.30. The number of rotatable bonds is 6. The van der Waals surface area contributed by atoms with Crippen LogP contribution in [0.25, 0.3) is 0 Å². The van der Waals surface area contributed by atoms with Gasteiger partial charge in [-0.05, 0) is 6.92 Å². The van der Waals surface area contributed by atoms with Crippen molar-refractivity contribution in [2.45, 2.75) is 6.92 Å². The lowest BCUT2D eigenvalue weighted by Crippen LogP contribution is -2.35. The van der Waals surface area contributed by atoms with E-state index in [1.807, 2.05) is 0 Å². The summed E-state index contributed by atoms with van der Waals surface area (Å²) < 4.78 is 9.63. The smallest absolute Gasteiger partial charge is 0.332 e. The molecule has 0 spiro atoms. The highest BCUT2D eigenvalue weighted by atomic mass is 16.6. The van der Waals surface area contributed by atoms with Crippen LogP contribution in [0.2, 0.25) is 0 Å². The van der Waals surface area contributed by atoms with Crippen molar-refractivity contribution >= 4 is 11.9 Å². The van der Waals surface area contributed by atoms with Gasteiger partial charge in [-0.15, -0.1) is 0 Å². The van der Waals surface area contributed by atoms with Gasteiger partial charge in [0.05, 0.1) is 13.2 Å². The molecule has 0 aliphatic rings. The van der Waals surface area contributed by atoms with Crippen LogP contribution in [-0.4, -0.2) is 45.3 Å². The van der Waals surface area contributed by atoms with Gasteiger partial charge in [0.15, 0.2) is 5.96 Å². The van der Waals surface area contributed by atoms with Gasteiger partial charge in [0.25, 0.3) is 0 Å². The van der Waals surface area contributed by atoms with Crippen LogP contribution in [0.1, 0.15) is 6.92 Å². The van der Waals surface area contributed by atoms with Gasteiger partial charge in [-0.25, -0.2) is 4.79 Å². The molecule has 0 rings (SSSR count). The van der Waals surface area contributed by atoms with Crippen LogP contribution in [0.15, 0.2) is 0 Å². The van der Waals surface area contributed by atoms with Gasteiger partial charge in [-0.2, -0.15) is 0 Å². The van der Waals surface area contributed by atoms with Gasteiger partial charge in [0.1, 0.15) is 6.61 Å². The van der Waals surface area contributed by atoms with E-state index < -0.39 is 0 Å². The highest BCUT2D eigenvalue weighted by Crippen LogP contribution is 1.80. The van der Waals surface area contributed by atoms with Crippen LogP contribution in [0.3, 0.4) is 0 Å². The first kappa shape index (κ1) is 12.7. The van der Waals surface area contributed by atoms with Crippen LogP contribution < -0.4 is 10.6 Å². The summed E-state index contributed by atoms with van der Waals surface area (Å²) in [6.07, 6.45) is 0. The summed E-state index contributed by atoms with van der Waals surface area (Å²) in [5, 5.41) is 12.5. The lowest BCUT2D eigenvalue weighted by atomic mass is 10.6. The molecule has 6 heteroatoms. The standard InChI is InChI=1S/C8H17N3O3/c1-3-14-7(12)6-13-5-4-11-8(9)10-2/h3-6H2,1-2H3,(H3,9,10,11). The summed E-state index contributed by atoms with van der Waals surface area (Å²) in [5.41, 5.74) is 0. The van der Waals surface area contributed by atoms with Gasteiger partial charge in [-0.1, -0.05) is 0 Å². The molecule has 0 saturated carbocycles. The Bertz CT molecular complexity index is 185. The molecule has 0 radical (unpaired) electrons. The minimum absolute atomic E-state index is 0.0393. The van der Waals surface area contributed by atoms with Crippen LogP contribution in [0.5, 0.6) is 0 Å². The van der Waals surface area contributed by atoms with Crippen molar-refractivity contribution in [1.29, 1.82) is 5.41 Å². The Labute approximate surface area is 83.5 Å². The predicted molar refractivity (Wildman–Crippen MR) is 52.2 cm³/mol. The largest absolute Gasteiger partial charge is 0.464 e. The molecule has 3 N–H and O–H groups in total. The first-order chi connectivity index (χ1) is 6.70. The van der Waals surface area contributed by atoms with Crippen molar-refractivity contribution in [2.24, 2.45) is 0 Å². The average Bonchev–Trinajstić information content (AvgIpc) is 2.17. The number of esters is 1. The van der Waals surface area contributed by atoms with Crippen molar-refractivity contribution in [1.82, 2.24) is 10.6 Å². The van der Waals surface area contributed by atoms with Crippen LogP contribution in [0, 0.1) is 5.41 Å². The number of carbonyl (C=O) groups excluding carboxylic acids is 1. The molecule has 14 heavy (non-hydrogen) atoms. The number of nitrogens with one attached hydrogen (secondary N) is 3. The maximum Gasteiger partial charge on any atom is 0.332 e. The van der Waals surface area contributed by atoms with Crippen molar-refractivity contribution in [3.05, 3.63) is 0 Å². The molecule has 0 atom stereocenters. The maximum atomic E-state index is 10.8.